The molecule has 88 valence electrons. The highest BCUT2D eigenvalue weighted by Crippen LogP contribution is 2.24. The second kappa shape index (κ2) is 4.23. The Morgan fingerprint density at radius 1 is 1.62 bits per heavy atom. The molecule has 2 rings (SSSR count). The molecule has 5 heteroatoms. The van der Waals surface area contributed by atoms with E-state index < -0.39 is 5.97 Å². The third-order valence-electron chi connectivity index (χ3n) is 2.97. The summed E-state index contributed by atoms with van der Waals surface area (Å²) in [5, 5.41) is 17.2. The van der Waals surface area contributed by atoms with Crippen molar-refractivity contribution in [1.29, 1.82) is 0 Å². The van der Waals surface area contributed by atoms with Crippen LogP contribution in [0.2, 0.25) is 0 Å². The van der Waals surface area contributed by atoms with Crippen molar-refractivity contribution in [3.05, 3.63) is 11.4 Å². The number of carboxylic acids is 1. The molecule has 1 aliphatic rings. The predicted octanol–water partition coefficient (Wildman–Crippen LogP) is 1.12. The van der Waals surface area contributed by atoms with Crippen molar-refractivity contribution in [2.75, 3.05) is 0 Å². The lowest BCUT2D eigenvalue weighted by Crippen LogP contribution is -2.23. The molecule has 0 amide bonds. The van der Waals surface area contributed by atoms with Gasteiger partial charge in [-0.15, -0.1) is 5.10 Å². The van der Waals surface area contributed by atoms with Gasteiger partial charge in [0.15, 0.2) is 0 Å². The summed E-state index contributed by atoms with van der Waals surface area (Å²) in [6, 6.07) is 0. The van der Waals surface area contributed by atoms with Crippen molar-refractivity contribution in [1.82, 2.24) is 15.0 Å². The average Bonchev–Trinajstić information content (AvgIpc) is 2.60. The number of fused-ring (bicyclic) bond motifs is 1. The van der Waals surface area contributed by atoms with E-state index in [1.165, 1.54) is 0 Å². The van der Waals surface area contributed by atoms with Crippen LogP contribution in [0.3, 0.4) is 0 Å². The highest BCUT2D eigenvalue weighted by molar-refractivity contribution is 5.70. The van der Waals surface area contributed by atoms with Gasteiger partial charge in [0.2, 0.25) is 0 Å². The molecule has 1 atom stereocenters. The fraction of sp³-hybridized carbons (Fsp3) is 0.727. The molecule has 1 N–H and O–H groups in total. The summed E-state index contributed by atoms with van der Waals surface area (Å²) in [6.45, 7) is 5.13. The molecule has 0 bridgehead atoms. The number of aromatic nitrogens is 3. The summed E-state index contributed by atoms with van der Waals surface area (Å²) in [5.74, 6) is -0.469. The van der Waals surface area contributed by atoms with E-state index in [1.54, 1.807) is 0 Å². The van der Waals surface area contributed by atoms with Crippen LogP contribution in [-0.2, 0) is 24.2 Å². The molecule has 1 aromatic heterocycles. The molecule has 1 aliphatic carbocycles. The minimum Gasteiger partial charge on any atom is -0.481 e. The first-order chi connectivity index (χ1) is 7.58. The molecule has 0 saturated carbocycles. The largest absolute Gasteiger partial charge is 0.481 e. The second-order valence-electron chi connectivity index (χ2n) is 4.84. The van der Waals surface area contributed by atoms with Gasteiger partial charge in [-0.05, 0) is 18.8 Å². The Hall–Kier alpha value is -1.39. The molecule has 0 aromatic carbocycles. The Morgan fingerprint density at radius 2 is 2.38 bits per heavy atom. The van der Waals surface area contributed by atoms with Crippen LogP contribution >= 0.6 is 0 Å². The highest BCUT2D eigenvalue weighted by Gasteiger charge is 2.28. The number of nitrogens with zero attached hydrogens (tertiary/aromatic N) is 3. The SMILES string of the molecule is CC(C)Cn1nnc2c1CCC(C(=O)O)C2. The summed E-state index contributed by atoms with van der Waals surface area (Å²) >= 11 is 0. The average molecular weight is 223 g/mol. The lowest BCUT2D eigenvalue weighted by Gasteiger charge is -2.18. The van der Waals surface area contributed by atoms with Crippen LogP contribution in [0.15, 0.2) is 0 Å². The normalized spacial score (nSPS) is 19.8. The van der Waals surface area contributed by atoms with Crippen molar-refractivity contribution in [3.63, 3.8) is 0 Å². The molecule has 1 heterocycles. The van der Waals surface area contributed by atoms with Crippen molar-refractivity contribution in [2.24, 2.45) is 11.8 Å². The third kappa shape index (κ3) is 2.08. The van der Waals surface area contributed by atoms with E-state index in [0.29, 0.717) is 18.8 Å². The van der Waals surface area contributed by atoms with Crippen molar-refractivity contribution in [3.8, 4) is 0 Å². The first-order valence-electron chi connectivity index (χ1n) is 5.72. The standard InChI is InChI=1S/C11H17N3O2/c1-7(2)6-14-10-4-3-8(11(15)16)5-9(10)12-13-14/h7-8H,3-6H2,1-2H3,(H,15,16). The van der Waals surface area contributed by atoms with Gasteiger partial charge in [0.05, 0.1) is 17.3 Å². The summed E-state index contributed by atoms with van der Waals surface area (Å²) in [4.78, 5) is 10.9. The summed E-state index contributed by atoms with van der Waals surface area (Å²) in [6.07, 6.45) is 2.02. The Labute approximate surface area is 94.5 Å². The van der Waals surface area contributed by atoms with Gasteiger partial charge in [0, 0.05) is 13.0 Å². The zero-order chi connectivity index (χ0) is 11.7. The van der Waals surface area contributed by atoms with Crippen LogP contribution in [0.1, 0.15) is 31.7 Å². The minimum atomic E-state index is -0.718. The topological polar surface area (TPSA) is 68.0 Å². The van der Waals surface area contributed by atoms with Crippen LogP contribution < -0.4 is 0 Å². The van der Waals surface area contributed by atoms with Crippen molar-refractivity contribution >= 4 is 5.97 Å². The number of hydrogen-bond acceptors (Lipinski definition) is 3. The fourth-order valence-electron chi connectivity index (χ4n) is 2.15. The smallest absolute Gasteiger partial charge is 0.306 e. The van der Waals surface area contributed by atoms with Gasteiger partial charge in [0.1, 0.15) is 0 Å². The lowest BCUT2D eigenvalue weighted by molar-refractivity contribution is -0.142. The molecule has 1 unspecified atom stereocenters. The van der Waals surface area contributed by atoms with E-state index in [4.69, 9.17) is 5.11 Å². The molecule has 0 spiro atoms. The van der Waals surface area contributed by atoms with Crippen molar-refractivity contribution in [2.45, 2.75) is 39.7 Å². The first kappa shape index (κ1) is 11.1. The minimum absolute atomic E-state index is 0.281. The Kier molecular flexibility index (Phi) is 2.94. The maximum Gasteiger partial charge on any atom is 0.306 e. The monoisotopic (exact) mass is 223 g/mol. The Balaban J connectivity index is 2.17. The van der Waals surface area contributed by atoms with E-state index in [2.05, 4.69) is 24.2 Å². The van der Waals surface area contributed by atoms with Gasteiger partial charge in [-0.1, -0.05) is 19.1 Å². The van der Waals surface area contributed by atoms with Crippen LogP contribution in [0, 0.1) is 11.8 Å². The predicted molar refractivity (Wildman–Crippen MR) is 58.0 cm³/mol. The number of rotatable bonds is 3. The summed E-state index contributed by atoms with van der Waals surface area (Å²) in [5.41, 5.74) is 2.01. The maximum absolute atomic E-state index is 10.9. The highest BCUT2D eigenvalue weighted by atomic mass is 16.4. The zero-order valence-electron chi connectivity index (χ0n) is 9.68. The Bertz CT molecular complexity index is 398. The molecule has 5 nitrogen and oxygen atoms in total. The van der Waals surface area contributed by atoms with E-state index in [1.807, 2.05) is 4.68 Å². The van der Waals surface area contributed by atoms with Crippen LogP contribution in [-0.4, -0.2) is 26.1 Å². The molecule has 0 fully saturated rings. The number of aliphatic carboxylic acids is 1. The van der Waals surface area contributed by atoms with Gasteiger partial charge in [-0.25, -0.2) is 4.68 Å². The summed E-state index contributed by atoms with van der Waals surface area (Å²) < 4.78 is 1.93. The van der Waals surface area contributed by atoms with E-state index in [9.17, 15) is 4.79 Å². The zero-order valence-corrected chi connectivity index (χ0v) is 9.68. The van der Waals surface area contributed by atoms with Gasteiger partial charge >= 0.3 is 5.97 Å². The molecule has 0 aliphatic heterocycles. The number of carboxylic acid groups (broad SMARTS) is 1. The van der Waals surface area contributed by atoms with E-state index in [-0.39, 0.29) is 5.92 Å². The molecule has 1 aromatic rings. The van der Waals surface area contributed by atoms with Gasteiger partial charge in [-0.3, -0.25) is 4.79 Å². The number of carbonyl (C=O) groups is 1. The lowest BCUT2D eigenvalue weighted by atomic mass is 9.90. The number of hydrogen-bond donors (Lipinski definition) is 1. The molecular weight excluding hydrogens is 206 g/mol. The maximum atomic E-state index is 10.9. The van der Waals surface area contributed by atoms with Crippen LogP contribution in [0.4, 0.5) is 0 Å². The molecule has 0 saturated heterocycles. The molecule has 0 radical (unpaired) electrons. The van der Waals surface area contributed by atoms with Gasteiger partial charge in [0.25, 0.3) is 0 Å². The second-order valence-corrected chi connectivity index (χ2v) is 4.84. The third-order valence-corrected chi connectivity index (χ3v) is 2.97. The summed E-state index contributed by atoms with van der Waals surface area (Å²) in [7, 11) is 0. The van der Waals surface area contributed by atoms with Crippen molar-refractivity contribution < 1.29 is 9.90 Å². The molecular formula is C11H17N3O2. The quantitative estimate of drug-likeness (QED) is 0.833. The van der Waals surface area contributed by atoms with Crippen LogP contribution in [0.5, 0.6) is 0 Å². The van der Waals surface area contributed by atoms with Crippen LogP contribution in [0.25, 0.3) is 0 Å². The molecule has 16 heavy (non-hydrogen) atoms. The fourth-order valence-corrected chi connectivity index (χ4v) is 2.15. The Morgan fingerprint density at radius 3 is 3.00 bits per heavy atom. The first-order valence-corrected chi connectivity index (χ1v) is 5.72. The van der Waals surface area contributed by atoms with E-state index >= 15 is 0 Å². The van der Waals surface area contributed by atoms with E-state index in [0.717, 1.165) is 24.4 Å². The van der Waals surface area contributed by atoms with Gasteiger partial charge < -0.3 is 5.11 Å². The van der Waals surface area contributed by atoms with Gasteiger partial charge in [-0.2, -0.15) is 0 Å².